The van der Waals surface area contributed by atoms with Gasteiger partial charge in [0.25, 0.3) is 0 Å². The number of nitrogens with zero attached hydrogens (tertiary/aromatic N) is 2. The van der Waals surface area contributed by atoms with E-state index in [2.05, 4.69) is 9.97 Å². The fraction of sp³-hybridized carbons (Fsp3) is 0.667. The predicted molar refractivity (Wildman–Crippen MR) is 66.0 cm³/mol. The first-order chi connectivity index (χ1) is 8.50. The quantitative estimate of drug-likeness (QED) is 0.922. The van der Waals surface area contributed by atoms with Gasteiger partial charge in [0.2, 0.25) is 5.88 Å². The van der Waals surface area contributed by atoms with E-state index in [-0.39, 0.29) is 17.1 Å². The maximum atomic E-state index is 12.1. The summed E-state index contributed by atoms with van der Waals surface area (Å²) in [7, 11) is 0. The van der Waals surface area contributed by atoms with E-state index in [4.69, 9.17) is 10.5 Å². The summed E-state index contributed by atoms with van der Waals surface area (Å²) in [5.41, 5.74) is 5.82. The summed E-state index contributed by atoms with van der Waals surface area (Å²) >= 11 is 0. The molecule has 0 atom stereocenters. The van der Waals surface area contributed by atoms with Crippen LogP contribution in [0.1, 0.15) is 38.6 Å². The third-order valence-electron chi connectivity index (χ3n) is 2.43. The van der Waals surface area contributed by atoms with Crippen LogP contribution in [0.15, 0.2) is 0 Å². The Kier molecular flexibility index (Phi) is 4.27. The molecule has 1 aromatic rings. The van der Waals surface area contributed by atoms with Crippen molar-refractivity contribution in [2.45, 2.75) is 45.7 Å². The average molecular weight is 277 g/mol. The SMILES string of the molecule is Cc1c(N)nc(C(C)(C)C)nc1OCCC(F)(F)F. The minimum absolute atomic E-state index is 0.113. The second kappa shape index (κ2) is 5.22. The molecule has 7 heteroatoms. The number of aromatic nitrogens is 2. The number of anilines is 1. The predicted octanol–water partition coefficient (Wildman–Crippen LogP) is 3.00. The van der Waals surface area contributed by atoms with Crippen LogP contribution < -0.4 is 10.5 Å². The van der Waals surface area contributed by atoms with Crippen molar-refractivity contribution in [3.63, 3.8) is 0 Å². The molecule has 0 unspecified atom stereocenters. The minimum Gasteiger partial charge on any atom is -0.477 e. The highest BCUT2D eigenvalue weighted by atomic mass is 19.4. The van der Waals surface area contributed by atoms with Crippen LogP contribution in [0.4, 0.5) is 19.0 Å². The molecule has 0 amide bonds. The van der Waals surface area contributed by atoms with Crippen molar-refractivity contribution in [1.82, 2.24) is 9.97 Å². The van der Waals surface area contributed by atoms with Crippen molar-refractivity contribution < 1.29 is 17.9 Å². The van der Waals surface area contributed by atoms with E-state index in [1.807, 2.05) is 20.8 Å². The Bertz CT molecular complexity index is 453. The van der Waals surface area contributed by atoms with Gasteiger partial charge in [-0.25, -0.2) is 4.98 Å². The zero-order valence-electron chi connectivity index (χ0n) is 11.4. The molecule has 108 valence electrons. The molecule has 0 fully saturated rings. The van der Waals surface area contributed by atoms with E-state index in [1.54, 1.807) is 6.92 Å². The highest BCUT2D eigenvalue weighted by Gasteiger charge is 2.27. The number of rotatable bonds is 3. The summed E-state index contributed by atoms with van der Waals surface area (Å²) in [4.78, 5) is 8.27. The van der Waals surface area contributed by atoms with Gasteiger partial charge in [0, 0.05) is 5.41 Å². The molecule has 0 aliphatic heterocycles. The van der Waals surface area contributed by atoms with Crippen LogP contribution in [0.25, 0.3) is 0 Å². The molecule has 0 aromatic carbocycles. The van der Waals surface area contributed by atoms with Gasteiger partial charge >= 0.3 is 6.18 Å². The first-order valence-electron chi connectivity index (χ1n) is 5.85. The topological polar surface area (TPSA) is 61.0 Å². The highest BCUT2D eigenvalue weighted by Crippen LogP contribution is 2.27. The maximum absolute atomic E-state index is 12.1. The lowest BCUT2D eigenvalue weighted by molar-refractivity contribution is -0.139. The molecule has 19 heavy (non-hydrogen) atoms. The van der Waals surface area contributed by atoms with Crippen LogP contribution in [0.5, 0.6) is 5.88 Å². The molecule has 1 heterocycles. The molecule has 0 saturated carbocycles. The number of hydrogen-bond donors (Lipinski definition) is 1. The van der Waals surface area contributed by atoms with Crippen LogP contribution in [0.3, 0.4) is 0 Å². The van der Waals surface area contributed by atoms with Gasteiger partial charge < -0.3 is 10.5 Å². The van der Waals surface area contributed by atoms with E-state index >= 15 is 0 Å². The van der Waals surface area contributed by atoms with E-state index in [0.29, 0.717) is 11.4 Å². The molecule has 0 radical (unpaired) electrons. The van der Waals surface area contributed by atoms with Gasteiger partial charge in [0.05, 0.1) is 18.6 Å². The summed E-state index contributed by atoms with van der Waals surface area (Å²) < 4.78 is 41.3. The third-order valence-corrected chi connectivity index (χ3v) is 2.43. The van der Waals surface area contributed by atoms with Crippen molar-refractivity contribution in [2.75, 3.05) is 12.3 Å². The zero-order chi connectivity index (χ0) is 14.8. The highest BCUT2D eigenvalue weighted by molar-refractivity contribution is 5.45. The molecule has 0 spiro atoms. The van der Waals surface area contributed by atoms with Gasteiger partial charge in [-0.3, -0.25) is 0 Å². The maximum Gasteiger partial charge on any atom is 0.392 e. The Morgan fingerprint density at radius 1 is 1.16 bits per heavy atom. The molecule has 0 aliphatic rings. The summed E-state index contributed by atoms with van der Waals surface area (Å²) in [5, 5.41) is 0. The minimum atomic E-state index is -4.25. The van der Waals surface area contributed by atoms with Gasteiger partial charge in [0.1, 0.15) is 11.6 Å². The Balaban J connectivity index is 2.91. The fourth-order valence-electron chi connectivity index (χ4n) is 1.25. The van der Waals surface area contributed by atoms with Crippen LogP contribution in [-0.4, -0.2) is 22.8 Å². The summed E-state index contributed by atoms with van der Waals surface area (Å²) in [5.74, 6) is 0.779. The van der Waals surface area contributed by atoms with Crippen molar-refractivity contribution in [1.29, 1.82) is 0 Å². The van der Waals surface area contributed by atoms with E-state index in [1.165, 1.54) is 0 Å². The van der Waals surface area contributed by atoms with Gasteiger partial charge in [-0.15, -0.1) is 0 Å². The first kappa shape index (κ1) is 15.5. The first-order valence-corrected chi connectivity index (χ1v) is 5.85. The fourth-order valence-corrected chi connectivity index (χ4v) is 1.25. The molecule has 1 rings (SSSR count). The Hall–Kier alpha value is -1.53. The van der Waals surface area contributed by atoms with Crippen molar-refractivity contribution >= 4 is 5.82 Å². The van der Waals surface area contributed by atoms with Crippen molar-refractivity contribution in [3.05, 3.63) is 11.4 Å². The summed E-state index contributed by atoms with van der Waals surface area (Å²) in [6, 6.07) is 0. The number of ether oxygens (including phenoxy) is 1. The number of nitrogens with two attached hydrogens (primary N) is 1. The molecule has 0 saturated heterocycles. The van der Waals surface area contributed by atoms with Crippen molar-refractivity contribution in [2.24, 2.45) is 0 Å². The lowest BCUT2D eigenvalue weighted by atomic mass is 9.95. The zero-order valence-corrected chi connectivity index (χ0v) is 11.4. The molecule has 0 aliphatic carbocycles. The second-order valence-corrected chi connectivity index (χ2v) is 5.33. The summed E-state index contributed by atoms with van der Waals surface area (Å²) in [6.07, 6.45) is -5.28. The monoisotopic (exact) mass is 277 g/mol. The van der Waals surface area contributed by atoms with Gasteiger partial charge in [-0.05, 0) is 6.92 Å². The number of nitrogen functional groups attached to an aromatic ring is 1. The van der Waals surface area contributed by atoms with E-state index in [9.17, 15) is 13.2 Å². The van der Waals surface area contributed by atoms with Gasteiger partial charge in [-0.1, -0.05) is 20.8 Å². The van der Waals surface area contributed by atoms with Crippen molar-refractivity contribution in [3.8, 4) is 5.88 Å². The Morgan fingerprint density at radius 2 is 1.74 bits per heavy atom. The number of halogens is 3. The lowest BCUT2D eigenvalue weighted by Crippen LogP contribution is -2.19. The van der Waals surface area contributed by atoms with E-state index in [0.717, 1.165) is 0 Å². The summed E-state index contributed by atoms with van der Waals surface area (Å²) in [6.45, 7) is 6.79. The van der Waals surface area contributed by atoms with Gasteiger partial charge in [0.15, 0.2) is 0 Å². The molecule has 1 aromatic heterocycles. The van der Waals surface area contributed by atoms with Crippen LogP contribution >= 0.6 is 0 Å². The Labute approximate surface area is 110 Å². The standard InChI is InChI=1S/C12H18F3N3O/c1-7-8(16)17-10(11(2,3)4)18-9(7)19-6-5-12(13,14)15/h5-6H2,1-4H3,(H2,16,17,18). The average Bonchev–Trinajstić information content (AvgIpc) is 2.20. The molecule has 4 nitrogen and oxygen atoms in total. The van der Waals surface area contributed by atoms with Crippen LogP contribution in [0.2, 0.25) is 0 Å². The van der Waals surface area contributed by atoms with Crippen LogP contribution in [0, 0.1) is 6.92 Å². The molecular weight excluding hydrogens is 259 g/mol. The number of hydrogen-bond acceptors (Lipinski definition) is 4. The molecule has 0 bridgehead atoms. The normalized spacial score (nSPS) is 12.6. The van der Waals surface area contributed by atoms with Crippen LogP contribution in [-0.2, 0) is 5.41 Å². The Morgan fingerprint density at radius 3 is 2.21 bits per heavy atom. The van der Waals surface area contributed by atoms with Gasteiger partial charge in [-0.2, -0.15) is 18.2 Å². The third kappa shape index (κ3) is 4.57. The molecular formula is C12H18F3N3O. The second-order valence-electron chi connectivity index (χ2n) is 5.33. The lowest BCUT2D eigenvalue weighted by Gasteiger charge is -2.19. The largest absolute Gasteiger partial charge is 0.477 e. The van der Waals surface area contributed by atoms with E-state index < -0.39 is 19.2 Å². The smallest absolute Gasteiger partial charge is 0.392 e. The molecule has 2 N–H and O–H groups in total. The number of alkyl halides is 3.